The summed E-state index contributed by atoms with van der Waals surface area (Å²) >= 11 is 0. The first-order valence-corrected chi connectivity index (χ1v) is 8.51. The van der Waals surface area contributed by atoms with Crippen molar-refractivity contribution >= 4 is 22.8 Å². The number of carbonyl (C=O) groups excluding carboxylic acids is 2. The Hall–Kier alpha value is -3.29. The topological polar surface area (TPSA) is 104 Å². The maximum Gasteiger partial charge on any atom is 0.253 e. The Bertz CT molecular complexity index is 931. The predicted molar refractivity (Wildman–Crippen MR) is 94.5 cm³/mol. The van der Waals surface area contributed by atoms with Crippen molar-refractivity contribution in [2.75, 3.05) is 13.1 Å². The summed E-state index contributed by atoms with van der Waals surface area (Å²) in [5, 5.41) is 13.6. The number of nitrogens with one attached hydrogen (secondary N) is 2. The van der Waals surface area contributed by atoms with E-state index in [4.69, 9.17) is 0 Å². The van der Waals surface area contributed by atoms with E-state index in [-0.39, 0.29) is 17.9 Å². The molecule has 3 aromatic rings. The number of nitrogens with zero attached hydrogens (tertiary/aromatic N) is 4. The Morgan fingerprint density at radius 1 is 1.00 bits per heavy atom. The second kappa shape index (κ2) is 6.91. The summed E-state index contributed by atoms with van der Waals surface area (Å²) in [6.07, 6.45) is 4.70. The first-order valence-electron chi connectivity index (χ1n) is 8.51. The molecule has 2 amide bonds. The number of benzene rings is 1. The Kier molecular flexibility index (Phi) is 4.30. The van der Waals surface area contributed by atoms with Gasteiger partial charge in [0.15, 0.2) is 0 Å². The molecule has 8 heteroatoms. The third-order valence-corrected chi connectivity index (χ3v) is 4.62. The number of amides is 2. The third kappa shape index (κ3) is 3.26. The summed E-state index contributed by atoms with van der Waals surface area (Å²) in [5.41, 5.74) is 2.59. The van der Waals surface area contributed by atoms with E-state index < -0.39 is 0 Å². The van der Waals surface area contributed by atoms with Gasteiger partial charge in [0.25, 0.3) is 11.8 Å². The normalized spacial score (nSPS) is 15.2. The molecule has 1 aliphatic heterocycles. The fraction of sp³-hybridized carbons (Fsp3) is 0.278. The molecule has 3 heterocycles. The van der Waals surface area contributed by atoms with E-state index in [1.54, 1.807) is 42.7 Å². The second-order valence-electron chi connectivity index (χ2n) is 6.30. The molecule has 0 radical (unpaired) electrons. The fourth-order valence-corrected chi connectivity index (χ4v) is 3.15. The molecule has 0 atom stereocenters. The van der Waals surface area contributed by atoms with E-state index in [1.807, 2.05) is 4.90 Å². The van der Waals surface area contributed by atoms with Crippen molar-refractivity contribution in [2.24, 2.45) is 0 Å². The third-order valence-electron chi connectivity index (χ3n) is 4.62. The van der Waals surface area contributed by atoms with Crippen LogP contribution in [0.3, 0.4) is 0 Å². The number of likely N-dealkylation sites (tertiary alicyclic amines) is 1. The number of rotatable bonds is 3. The molecule has 1 aliphatic rings. The van der Waals surface area contributed by atoms with Gasteiger partial charge in [-0.05, 0) is 43.2 Å². The van der Waals surface area contributed by atoms with Gasteiger partial charge in [-0.1, -0.05) is 0 Å². The molecule has 0 aliphatic carbocycles. The molecule has 0 bridgehead atoms. The van der Waals surface area contributed by atoms with Gasteiger partial charge in [0.2, 0.25) is 0 Å². The highest BCUT2D eigenvalue weighted by atomic mass is 16.2. The average Bonchev–Trinajstić information content (AvgIpc) is 3.16. The Labute approximate surface area is 149 Å². The molecule has 26 heavy (non-hydrogen) atoms. The highest BCUT2D eigenvalue weighted by Gasteiger charge is 2.25. The van der Waals surface area contributed by atoms with Gasteiger partial charge < -0.3 is 10.2 Å². The van der Waals surface area contributed by atoms with E-state index in [9.17, 15) is 9.59 Å². The zero-order valence-electron chi connectivity index (χ0n) is 14.1. The summed E-state index contributed by atoms with van der Waals surface area (Å²) < 4.78 is 0. The van der Waals surface area contributed by atoms with Crippen molar-refractivity contribution in [1.82, 2.24) is 30.6 Å². The SMILES string of the molecule is O=C(NC1CCN(C(=O)c2ccncc2)CC1)c1ccc2n[nH]nc2c1. The number of hydrogen-bond acceptors (Lipinski definition) is 5. The smallest absolute Gasteiger partial charge is 0.253 e. The Morgan fingerprint density at radius 2 is 1.73 bits per heavy atom. The van der Waals surface area contributed by atoms with Crippen LogP contribution in [0.5, 0.6) is 0 Å². The lowest BCUT2D eigenvalue weighted by molar-refractivity contribution is 0.0698. The van der Waals surface area contributed by atoms with Crippen LogP contribution in [0.4, 0.5) is 0 Å². The standard InChI is InChI=1S/C18H18N6O2/c25-17(13-1-2-15-16(11-13)22-23-21-15)20-14-5-9-24(10-6-14)18(26)12-3-7-19-8-4-12/h1-4,7-8,11,14H,5-6,9-10H2,(H,20,25)(H,21,22,23). The lowest BCUT2D eigenvalue weighted by Crippen LogP contribution is -2.46. The minimum absolute atomic E-state index is 0.00802. The van der Waals surface area contributed by atoms with E-state index in [0.717, 1.165) is 18.4 Å². The molecule has 1 aromatic carbocycles. The molecule has 2 aromatic heterocycles. The summed E-state index contributed by atoms with van der Waals surface area (Å²) in [5.74, 6) is -0.123. The number of carbonyl (C=O) groups is 2. The summed E-state index contributed by atoms with van der Waals surface area (Å²) in [4.78, 5) is 30.7. The molecular formula is C18H18N6O2. The van der Waals surface area contributed by atoms with Crippen molar-refractivity contribution < 1.29 is 9.59 Å². The van der Waals surface area contributed by atoms with Gasteiger partial charge >= 0.3 is 0 Å². The van der Waals surface area contributed by atoms with Crippen molar-refractivity contribution in [3.05, 3.63) is 53.9 Å². The van der Waals surface area contributed by atoms with Gasteiger partial charge in [-0.2, -0.15) is 15.4 Å². The van der Waals surface area contributed by atoms with Gasteiger partial charge in [-0.25, -0.2) is 0 Å². The summed E-state index contributed by atoms with van der Waals surface area (Å²) in [6, 6.07) is 8.71. The maximum absolute atomic E-state index is 12.5. The number of aromatic nitrogens is 4. The minimum Gasteiger partial charge on any atom is -0.349 e. The first-order chi connectivity index (χ1) is 12.7. The lowest BCUT2D eigenvalue weighted by Gasteiger charge is -2.32. The molecule has 4 rings (SSSR count). The van der Waals surface area contributed by atoms with Gasteiger partial charge in [0.05, 0.1) is 0 Å². The largest absolute Gasteiger partial charge is 0.349 e. The van der Waals surface area contributed by atoms with Crippen LogP contribution in [-0.2, 0) is 0 Å². The van der Waals surface area contributed by atoms with Crippen LogP contribution < -0.4 is 5.32 Å². The molecule has 0 unspecified atom stereocenters. The number of pyridine rings is 1. The average molecular weight is 350 g/mol. The van der Waals surface area contributed by atoms with Gasteiger partial charge in [-0.3, -0.25) is 14.6 Å². The van der Waals surface area contributed by atoms with E-state index in [0.29, 0.717) is 29.7 Å². The van der Waals surface area contributed by atoms with E-state index in [1.165, 1.54) is 0 Å². The Morgan fingerprint density at radius 3 is 2.50 bits per heavy atom. The molecule has 1 saturated heterocycles. The van der Waals surface area contributed by atoms with Gasteiger partial charge in [0.1, 0.15) is 11.0 Å². The van der Waals surface area contributed by atoms with Crippen molar-refractivity contribution in [3.8, 4) is 0 Å². The number of fused-ring (bicyclic) bond motifs is 1. The van der Waals surface area contributed by atoms with Crippen LogP contribution in [0.15, 0.2) is 42.7 Å². The van der Waals surface area contributed by atoms with Crippen molar-refractivity contribution in [1.29, 1.82) is 0 Å². The molecule has 0 saturated carbocycles. The van der Waals surface area contributed by atoms with Crippen LogP contribution in [0.2, 0.25) is 0 Å². The first kappa shape index (κ1) is 16.2. The second-order valence-corrected chi connectivity index (χ2v) is 6.30. The number of piperidine rings is 1. The molecule has 8 nitrogen and oxygen atoms in total. The predicted octanol–water partition coefficient (Wildman–Crippen LogP) is 1.39. The fourth-order valence-electron chi connectivity index (χ4n) is 3.15. The van der Waals surface area contributed by atoms with Crippen molar-refractivity contribution in [2.45, 2.75) is 18.9 Å². The van der Waals surface area contributed by atoms with Crippen LogP contribution in [0.1, 0.15) is 33.6 Å². The zero-order valence-corrected chi connectivity index (χ0v) is 14.1. The molecule has 0 spiro atoms. The van der Waals surface area contributed by atoms with Crippen LogP contribution in [-0.4, -0.2) is 56.2 Å². The van der Waals surface area contributed by atoms with Crippen molar-refractivity contribution in [3.63, 3.8) is 0 Å². The quantitative estimate of drug-likeness (QED) is 0.743. The highest BCUT2D eigenvalue weighted by Crippen LogP contribution is 2.15. The Balaban J connectivity index is 1.34. The molecule has 2 N–H and O–H groups in total. The lowest BCUT2D eigenvalue weighted by atomic mass is 10.0. The maximum atomic E-state index is 12.5. The van der Waals surface area contributed by atoms with E-state index in [2.05, 4.69) is 25.7 Å². The molecule has 1 fully saturated rings. The number of H-pyrrole nitrogens is 1. The van der Waals surface area contributed by atoms with Gasteiger partial charge in [-0.15, -0.1) is 0 Å². The zero-order chi connectivity index (χ0) is 17.9. The van der Waals surface area contributed by atoms with Crippen LogP contribution >= 0.6 is 0 Å². The monoisotopic (exact) mass is 350 g/mol. The number of aromatic amines is 1. The summed E-state index contributed by atoms with van der Waals surface area (Å²) in [6.45, 7) is 1.24. The van der Waals surface area contributed by atoms with Crippen LogP contribution in [0.25, 0.3) is 11.0 Å². The van der Waals surface area contributed by atoms with Gasteiger partial charge in [0, 0.05) is 42.7 Å². The minimum atomic E-state index is -0.131. The molecular weight excluding hydrogens is 332 g/mol. The number of hydrogen-bond donors (Lipinski definition) is 2. The highest BCUT2D eigenvalue weighted by molar-refractivity contribution is 5.97. The molecule has 132 valence electrons. The van der Waals surface area contributed by atoms with E-state index >= 15 is 0 Å². The van der Waals surface area contributed by atoms with Crippen LogP contribution in [0, 0.1) is 0 Å². The summed E-state index contributed by atoms with van der Waals surface area (Å²) in [7, 11) is 0.